The molecule has 4 aromatic rings. The van der Waals surface area contributed by atoms with Crippen LogP contribution in [0, 0.1) is 5.92 Å². The van der Waals surface area contributed by atoms with Gasteiger partial charge in [0.25, 0.3) is 5.56 Å². The lowest BCUT2D eigenvalue weighted by molar-refractivity contribution is -0.663. The lowest BCUT2D eigenvalue weighted by Gasteiger charge is -2.28. The average molecular weight is 517 g/mol. The zero-order valence-corrected chi connectivity index (χ0v) is 21.9. The number of aryl methyl sites for hydroxylation is 1. The molecule has 1 aliphatic rings. The molecule has 1 aliphatic heterocycles. The normalized spacial score (nSPS) is 14.6. The van der Waals surface area contributed by atoms with Gasteiger partial charge in [-0.25, -0.2) is 9.25 Å². The second-order valence-corrected chi connectivity index (χ2v) is 10.1. The standard InChI is InChI=1S/C29H31ClN5O2/c1-33-13-11-21(12-14-33)20-37-26-17-31-29(34(2)19-26)24-7-3-5-22(15-24)18-35-28(36)10-9-27(32-35)23-6-4-8-25(30)16-23/h3-10,15-17,19,21H,11-14,18,20H2,1-2H3/q+1. The van der Waals surface area contributed by atoms with E-state index in [2.05, 4.69) is 22.0 Å². The Morgan fingerprint density at radius 1 is 1.05 bits per heavy atom. The molecule has 7 nitrogen and oxygen atoms in total. The molecule has 0 amide bonds. The Balaban J connectivity index is 1.31. The Labute approximate surface area is 221 Å². The zero-order chi connectivity index (χ0) is 25.8. The van der Waals surface area contributed by atoms with Gasteiger partial charge in [-0.3, -0.25) is 4.79 Å². The number of ether oxygens (including phenoxy) is 1. The quantitative estimate of drug-likeness (QED) is 0.344. The first-order valence-electron chi connectivity index (χ1n) is 12.5. The Bertz CT molecular complexity index is 1450. The van der Waals surface area contributed by atoms with E-state index in [0.717, 1.165) is 48.0 Å². The van der Waals surface area contributed by atoms with Crippen LogP contribution in [-0.2, 0) is 13.6 Å². The van der Waals surface area contributed by atoms with Gasteiger partial charge in [0.15, 0.2) is 6.20 Å². The Morgan fingerprint density at radius 2 is 1.84 bits per heavy atom. The number of rotatable bonds is 7. The van der Waals surface area contributed by atoms with E-state index in [9.17, 15) is 4.79 Å². The van der Waals surface area contributed by atoms with Crippen LogP contribution in [0.5, 0.6) is 5.75 Å². The highest BCUT2D eigenvalue weighted by Crippen LogP contribution is 2.22. The first-order valence-corrected chi connectivity index (χ1v) is 12.9. The molecule has 0 radical (unpaired) electrons. The molecule has 0 N–H and O–H groups in total. The van der Waals surface area contributed by atoms with E-state index in [0.29, 0.717) is 23.2 Å². The summed E-state index contributed by atoms with van der Waals surface area (Å²) in [5.41, 5.74) is 3.32. The summed E-state index contributed by atoms with van der Waals surface area (Å²) >= 11 is 6.14. The third-order valence-corrected chi connectivity index (χ3v) is 7.03. The van der Waals surface area contributed by atoms with Crippen LogP contribution in [0.3, 0.4) is 0 Å². The van der Waals surface area contributed by atoms with Crippen molar-refractivity contribution >= 4 is 11.6 Å². The number of hydrogen-bond donors (Lipinski definition) is 0. The van der Waals surface area contributed by atoms with Crippen LogP contribution in [0.15, 0.2) is 77.9 Å². The fourth-order valence-electron chi connectivity index (χ4n) is 4.64. The summed E-state index contributed by atoms with van der Waals surface area (Å²) in [5.74, 6) is 2.18. The summed E-state index contributed by atoms with van der Waals surface area (Å²) in [4.78, 5) is 19.6. The van der Waals surface area contributed by atoms with Crippen LogP contribution >= 0.6 is 11.6 Å². The van der Waals surface area contributed by atoms with E-state index in [1.807, 2.05) is 66.3 Å². The predicted octanol–water partition coefficient (Wildman–Crippen LogP) is 4.22. The molecule has 1 saturated heterocycles. The number of benzene rings is 2. The van der Waals surface area contributed by atoms with E-state index < -0.39 is 0 Å². The minimum atomic E-state index is -0.161. The lowest BCUT2D eigenvalue weighted by atomic mass is 9.98. The van der Waals surface area contributed by atoms with E-state index >= 15 is 0 Å². The number of aromatic nitrogens is 4. The predicted molar refractivity (Wildman–Crippen MR) is 145 cm³/mol. The molecule has 3 heterocycles. The minimum Gasteiger partial charge on any atom is -0.486 e. The van der Waals surface area contributed by atoms with Gasteiger partial charge in [-0.15, -0.1) is 0 Å². The van der Waals surface area contributed by atoms with Gasteiger partial charge in [0.1, 0.15) is 6.20 Å². The molecule has 0 saturated carbocycles. The fraction of sp³-hybridized carbons (Fsp3) is 0.310. The van der Waals surface area contributed by atoms with E-state index in [1.54, 1.807) is 18.3 Å². The van der Waals surface area contributed by atoms with Crippen molar-refractivity contribution < 1.29 is 9.30 Å². The third kappa shape index (κ3) is 6.24. The zero-order valence-electron chi connectivity index (χ0n) is 21.2. The van der Waals surface area contributed by atoms with Gasteiger partial charge in [0.2, 0.25) is 5.75 Å². The van der Waals surface area contributed by atoms with Crippen molar-refractivity contribution in [3.05, 3.63) is 94.0 Å². The van der Waals surface area contributed by atoms with Crippen molar-refractivity contribution in [2.45, 2.75) is 19.4 Å². The SMILES string of the molecule is CN1CCC(COc2cnc(-c3cccc(Cn4nc(-c5cccc(Cl)c5)ccc4=O)c3)[n+](C)c2)CC1. The number of piperidine rings is 1. The summed E-state index contributed by atoms with van der Waals surface area (Å²) in [6.45, 7) is 3.33. The third-order valence-electron chi connectivity index (χ3n) is 6.80. The van der Waals surface area contributed by atoms with Gasteiger partial charge in [0.05, 0.1) is 31.5 Å². The van der Waals surface area contributed by atoms with Gasteiger partial charge in [-0.05, 0) is 79.8 Å². The minimum absolute atomic E-state index is 0.161. The van der Waals surface area contributed by atoms with Gasteiger partial charge in [-0.1, -0.05) is 35.9 Å². The molecule has 0 aliphatic carbocycles. The highest BCUT2D eigenvalue weighted by molar-refractivity contribution is 6.30. The largest absolute Gasteiger partial charge is 0.486 e. The van der Waals surface area contributed by atoms with Crippen LogP contribution in [0.1, 0.15) is 18.4 Å². The number of likely N-dealkylation sites (tertiary alicyclic amines) is 1. The maximum atomic E-state index is 12.6. The molecular formula is C29H31ClN5O2+. The van der Waals surface area contributed by atoms with Crippen LogP contribution < -0.4 is 14.9 Å². The first-order chi connectivity index (χ1) is 17.9. The molecule has 5 rings (SSSR count). The van der Waals surface area contributed by atoms with Crippen molar-refractivity contribution in [1.82, 2.24) is 19.7 Å². The summed E-state index contributed by atoms with van der Waals surface area (Å²) in [7, 11) is 4.14. The van der Waals surface area contributed by atoms with Gasteiger partial charge in [0, 0.05) is 16.7 Å². The lowest BCUT2D eigenvalue weighted by Crippen LogP contribution is -2.34. The summed E-state index contributed by atoms with van der Waals surface area (Å²) in [6, 6.07) is 18.7. The monoisotopic (exact) mass is 516 g/mol. The van der Waals surface area contributed by atoms with Crippen LogP contribution in [0.25, 0.3) is 22.6 Å². The molecule has 2 aromatic heterocycles. The summed E-state index contributed by atoms with van der Waals surface area (Å²) in [6.07, 6.45) is 6.10. The van der Waals surface area contributed by atoms with Gasteiger partial charge in [-0.2, -0.15) is 5.10 Å². The van der Waals surface area contributed by atoms with Crippen molar-refractivity contribution in [2.75, 3.05) is 26.7 Å². The smallest absolute Gasteiger partial charge is 0.330 e. The van der Waals surface area contributed by atoms with E-state index in [1.165, 1.54) is 17.5 Å². The molecular weight excluding hydrogens is 486 g/mol. The van der Waals surface area contributed by atoms with Crippen LogP contribution in [0.4, 0.5) is 0 Å². The molecule has 37 heavy (non-hydrogen) atoms. The second kappa shape index (κ2) is 11.2. The molecule has 1 fully saturated rings. The van der Waals surface area contributed by atoms with Crippen LogP contribution in [-0.4, -0.2) is 46.4 Å². The molecule has 8 heteroatoms. The molecule has 0 unspecified atom stereocenters. The molecule has 0 spiro atoms. The number of nitrogens with zero attached hydrogens (tertiary/aromatic N) is 5. The highest BCUT2D eigenvalue weighted by atomic mass is 35.5. The van der Waals surface area contributed by atoms with Crippen LogP contribution in [0.2, 0.25) is 5.02 Å². The molecule has 0 bridgehead atoms. The van der Waals surface area contributed by atoms with Gasteiger partial charge < -0.3 is 9.64 Å². The van der Waals surface area contributed by atoms with Crippen molar-refractivity contribution in [3.63, 3.8) is 0 Å². The topological polar surface area (TPSA) is 64.1 Å². The fourth-order valence-corrected chi connectivity index (χ4v) is 4.83. The second-order valence-electron chi connectivity index (χ2n) is 9.71. The Morgan fingerprint density at radius 3 is 2.62 bits per heavy atom. The van der Waals surface area contributed by atoms with Crippen molar-refractivity contribution in [2.24, 2.45) is 13.0 Å². The maximum absolute atomic E-state index is 12.6. The van der Waals surface area contributed by atoms with E-state index in [-0.39, 0.29) is 5.56 Å². The molecule has 0 atom stereocenters. The van der Waals surface area contributed by atoms with Gasteiger partial charge >= 0.3 is 5.82 Å². The average Bonchev–Trinajstić information content (AvgIpc) is 2.90. The number of hydrogen-bond acceptors (Lipinski definition) is 5. The van der Waals surface area contributed by atoms with Crippen molar-refractivity contribution in [1.29, 1.82) is 0 Å². The Hall–Kier alpha value is -3.55. The molecule has 190 valence electrons. The first kappa shape index (κ1) is 25.1. The maximum Gasteiger partial charge on any atom is 0.330 e. The van der Waals surface area contributed by atoms with E-state index in [4.69, 9.17) is 16.3 Å². The summed E-state index contributed by atoms with van der Waals surface area (Å²) < 4.78 is 9.52. The van der Waals surface area contributed by atoms with Crippen molar-refractivity contribution in [3.8, 4) is 28.4 Å². The number of halogens is 1. The summed E-state index contributed by atoms with van der Waals surface area (Å²) in [5, 5.41) is 5.21. The Kier molecular flexibility index (Phi) is 7.63. The highest BCUT2D eigenvalue weighted by Gasteiger charge is 2.19. The molecule has 2 aromatic carbocycles.